The van der Waals surface area contributed by atoms with Crippen LogP contribution in [0.5, 0.6) is 0 Å². The quantitative estimate of drug-likeness (QED) is 0.212. The molecule has 2 heterocycles. The molecule has 0 unspecified atom stereocenters. The van der Waals surface area contributed by atoms with Crippen LogP contribution in [0.2, 0.25) is 0 Å². The van der Waals surface area contributed by atoms with Crippen molar-refractivity contribution in [2.45, 2.75) is 45.1 Å². The van der Waals surface area contributed by atoms with Gasteiger partial charge in [-0.1, -0.05) is 26.8 Å². The van der Waals surface area contributed by atoms with E-state index in [0.29, 0.717) is 28.9 Å². The van der Waals surface area contributed by atoms with Gasteiger partial charge in [-0.25, -0.2) is 31.5 Å². The molecular weight excluding hydrogens is 661 g/mol. The number of amides is 2. The molecule has 0 bridgehead atoms. The summed E-state index contributed by atoms with van der Waals surface area (Å²) in [7, 11) is 2.49. The van der Waals surface area contributed by atoms with E-state index in [0.717, 1.165) is 16.7 Å². The average molecular weight is 693 g/mol. The number of nitrogens with one attached hydrogen (secondary N) is 3. The first-order valence-electron chi connectivity index (χ1n) is 14.6. The van der Waals surface area contributed by atoms with E-state index in [1.54, 1.807) is 20.8 Å². The van der Waals surface area contributed by atoms with Gasteiger partial charge in [0.05, 0.1) is 27.9 Å². The fourth-order valence-corrected chi connectivity index (χ4v) is 5.48. The van der Waals surface area contributed by atoms with E-state index in [4.69, 9.17) is 7.85 Å². The summed E-state index contributed by atoms with van der Waals surface area (Å²) in [6.45, 7) is 6.64. The minimum atomic E-state index is -4.43. The summed E-state index contributed by atoms with van der Waals surface area (Å²) in [5, 5.41) is 4.86. The molecule has 0 spiro atoms. The summed E-state index contributed by atoms with van der Waals surface area (Å²) >= 11 is 0. The van der Waals surface area contributed by atoms with E-state index in [9.17, 15) is 32.4 Å². The maximum absolute atomic E-state index is 15.1. The highest BCUT2D eigenvalue weighted by atomic mass is 32.2. The summed E-state index contributed by atoms with van der Waals surface area (Å²) in [5.74, 6) is -4.12. The summed E-state index contributed by atoms with van der Waals surface area (Å²) in [6, 6.07) is 7.28. The molecule has 49 heavy (non-hydrogen) atoms. The van der Waals surface area contributed by atoms with Crippen molar-refractivity contribution in [2.75, 3.05) is 10.0 Å². The molecule has 4 aromatic rings. The number of sulfonamides is 1. The first-order valence-corrected chi connectivity index (χ1v) is 16.0. The zero-order chi connectivity index (χ0) is 36.4. The topological polar surface area (TPSA) is 178 Å². The Hall–Kier alpha value is -5.45. The van der Waals surface area contributed by atoms with Crippen molar-refractivity contribution < 1.29 is 31.6 Å². The number of nitrogens with zero attached hydrogens (tertiary/aromatic N) is 3. The predicted octanol–water partition coefficient (Wildman–Crippen LogP) is 2.34. The van der Waals surface area contributed by atoms with E-state index in [1.807, 2.05) is 4.72 Å². The van der Waals surface area contributed by atoms with Gasteiger partial charge in [-0.15, -0.1) is 0 Å². The van der Waals surface area contributed by atoms with Gasteiger partial charge in [0.15, 0.2) is 7.85 Å². The average Bonchev–Trinajstić information content (AvgIpc) is 3.01. The van der Waals surface area contributed by atoms with Crippen LogP contribution >= 0.6 is 0 Å². The molecule has 2 aromatic carbocycles. The van der Waals surface area contributed by atoms with Crippen molar-refractivity contribution in [1.29, 1.82) is 0 Å². The number of rotatable bonds is 10. The third-order valence-corrected chi connectivity index (χ3v) is 8.58. The maximum atomic E-state index is 15.1. The third-order valence-electron chi connectivity index (χ3n) is 7.20. The molecule has 2 radical (unpaired) electrons. The van der Waals surface area contributed by atoms with Crippen LogP contribution < -0.4 is 26.6 Å². The van der Waals surface area contributed by atoms with Crippen LogP contribution in [0.4, 0.5) is 20.2 Å². The highest BCUT2D eigenvalue weighted by molar-refractivity contribution is 7.92. The van der Waals surface area contributed by atoms with E-state index in [-0.39, 0.29) is 23.0 Å². The Kier molecular flexibility index (Phi) is 10.4. The smallest absolute Gasteiger partial charge is 0.336 e. The largest absolute Gasteiger partial charge is 0.343 e. The Morgan fingerprint density at radius 2 is 1.65 bits per heavy atom. The van der Waals surface area contributed by atoms with Crippen molar-refractivity contribution in [3.05, 3.63) is 110 Å². The number of benzene rings is 2. The van der Waals surface area contributed by atoms with Crippen molar-refractivity contribution in [1.82, 2.24) is 19.4 Å². The molecule has 254 valence electrons. The van der Waals surface area contributed by atoms with Crippen LogP contribution in [0.15, 0.2) is 75.4 Å². The van der Waals surface area contributed by atoms with E-state index in [1.165, 1.54) is 55.2 Å². The molecule has 17 heteroatoms. The van der Waals surface area contributed by atoms with Crippen LogP contribution in [0.1, 0.15) is 42.3 Å². The van der Waals surface area contributed by atoms with Crippen LogP contribution in [0.3, 0.4) is 0 Å². The molecule has 3 N–H and O–H groups in total. The van der Waals surface area contributed by atoms with Gasteiger partial charge < -0.3 is 20.0 Å². The minimum absolute atomic E-state index is 0.00702. The van der Waals surface area contributed by atoms with Gasteiger partial charge in [0, 0.05) is 48.6 Å². The van der Waals surface area contributed by atoms with Crippen LogP contribution in [0, 0.1) is 24.0 Å². The van der Waals surface area contributed by atoms with E-state index < -0.39 is 67.2 Å². The number of anilines is 2. The number of hydrogen-bond donors (Lipinski definition) is 3. The van der Waals surface area contributed by atoms with Crippen molar-refractivity contribution in [3.63, 3.8) is 0 Å². The summed E-state index contributed by atoms with van der Waals surface area (Å²) in [6.07, 6.45) is 2.40. The van der Waals surface area contributed by atoms with Gasteiger partial charge >= 0.3 is 5.69 Å². The number of pyridine rings is 1. The van der Waals surface area contributed by atoms with Crippen molar-refractivity contribution >= 4 is 46.7 Å². The molecule has 4 rings (SSSR count). The zero-order valence-electron chi connectivity index (χ0n) is 27.0. The second-order valence-electron chi connectivity index (χ2n) is 12.1. The Bertz CT molecular complexity index is 2150. The first kappa shape index (κ1) is 36.4. The number of aromatic nitrogens is 3. The van der Waals surface area contributed by atoms with E-state index >= 15 is 8.78 Å². The lowest BCUT2D eigenvalue weighted by Crippen LogP contribution is -2.43. The monoisotopic (exact) mass is 692 g/mol. The molecule has 2 aromatic heterocycles. The Balaban J connectivity index is 1.48. The Morgan fingerprint density at radius 3 is 2.22 bits per heavy atom. The number of carbonyl (C=O) groups excluding carboxylic acids is 3. The van der Waals surface area contributed by atoms with Gasteiger partial charge in [0.1, 0.15) is 17.5 Å². The van der Waals surface area contributed by atoms with Crippen LogP contribution in [-0.4, -0.2) is 53.9 Å². The standard InChI is InChI=1S/C32H31BF2N6O7S/c1-17-16-40(5)31(46)41(29(17)44)26-11-6-18(15-36-26)12-25(27(33)42)38-28(43)21-13-23(35)24(14-22(21)34)39-49(47,48)20-9-7-19(8-10-20)37-30(45)32(2,3)4/h6-11,13-16,25,39H,12H2,1-5H3,(H,37,45)(H,38,43)/t25-/m0/s1. The van der Waals surface area contributed by atoms with Gasteiger partial charge in [-0.3, -0.25) is 19.1 Å². The molecule has 0 saturated heterocycles. The third kappa shape index (κ3) is 8.35. The number of aryl methyl sites for hydroxylation is 2. The Morgan fingerprint density at radius 1 is 1.00 bits per heavy atom. The first-order chi connectivity index (χ1) is 22.8. The van der Waals surface area contributed by atoms with Crippen molar-refractivity contribution in [2.24, 2.45) is 12.5 Å². The van der Waals surface area contributed by atoms with E-state index in [2.05, 4.69) is 15.6 Å². The van der Waals surface area contributed by atoms with Crippen LogP contribution in [-0.2, 0) is 33.1 Å². The van der Waals surface area contributed by atoms with Gasteiger partial charge in [0.2, 0.25) is 5.91 Å². The fourth-order valence-electron chi connectivity index (χ4n) is 4.43. The minimum Gasteiger partial charge on any atom is -0.343 e. The number of hydrogen-bond acceptors (Lipinski definition) is 8. The zero-order valence-corrected chi connectivity index (χ0v) is 27.8. The van der Waals surface area contributed by atoms with Crippen molar-refractivity contribution in [3.8, 4) is 5.82 Å². The molecular formula is C32H31BF2N6O7S. The Labute approximate surface area is 280 Å². The predicted molar refractivity (Wildman–Crippen MR) is 177 cm³/mol. The molecule has 0 fully saturated rings. The lowest BCUT2D eigenvalue weighted by atomic mass is 9.90. The lowest BCUT2D eigenvalue weighted by molar-refractivity contribution is -0.123. The maximum Gasteiger partial charge on any atom is 0.336 e. The number of halogens is 2. The highest BCUT2D eigenvalue weighted by Crippen LogP contribution is 2.25. The summed E-state index contributed by atoms with van der Waals surface area (Å²) in [5.41, 5.74) is -3.60. The summed E-state index contributed by atoms with van der Waals surface area (Å²) < 4.78 is 59.8. The highest BCUT2D eigenvalue weighted by Gasteiger charge is 2.25. The van der Waals surface area contributed by atoms with Gasteiger partial charge in [-0.05, 0) is 48.9 Å². The molecule has 0 aliphatic heterocycles. The molecule has 1 atom stereocenters. The second-order valence-corrected chi connectivity index (χ2v) is 13.8. The molecule has 0 aliphatic rings. The van der Waals surface area contributed by atoms with Gasteiger partial charge in [-0.2, -0.15) is 0 Å². The second kappa shape index (κ2) is 14.0. The summed E-state index contributed by atoms with van der Waals surface area (Å²) in [4.78, 5) is 66.1. The SMILES string of the molecule is [B]C(=O)[C@H](Cc1ccc(-n2c(=O)c(C)cn(C)c2=O)nc1)NC(=O)c1cc(F)c(NS(=O)(=O)c2ccc(NC(=O)C(C)(C)C)cc2)cc1F. The normalized spacial score (nSPS) is 12.2. The lowest BCUT2D eigenvalue weighted by Gasteiger charge is -2.18. The van der Waals surface area contributed by atoms with Gasteiger partial charge in [0.25, 0.3) is 21.5 Å². The fraction of sp³-hybridized carbons (Fsp3) is 0.250. The van der Waals surface area contributed by atoms with Crippen LogP contribution in [0.25, 0.3) is 5.82 Å². The molecule has 13 nitrogen and oxygen atoms in total. The molecule has 2 amide bonds. The molecule has 0 aliphatic carbocycles. The number of carbonyl (C=O) groups is 3. The molecule has 0 saturated carbocycles.